The molecule has 1 aliphatic rings. The quantitative estimate of drug-likeness (QED) is 0.384. The molecular formula is C23H25N3O5S2. The molecule has 0 fully saturated rings. The molecule has 174 valence electrons. The summed E-state index contributed by atoms with van der Waals surface area (Å²) in [6.45, 7) is 1.08. The molecule has 8 nitrogen and oxygen atoms in total. The second kappa shape index (κ2) is 10.8. The number of carbonyl (C=O) groups excluding carboxylic acids is 3. The Hall–Kier alpha value is -2.95. The Morgan fingerprint density at radius 1 is 1.03 bits per heavy atom. The monoisotopic (exact) mass is 487 g/mol. The Morgan fingerprint density at radius 2 is 1.88 bits per heavy atom. The Morgan fingerprint density at radius 3 is 2.67 bits per heavy atom. The predicted molar refractivity (Wildman–Crippen MR) is 129 cm³/mol. The Labute approximate surface area is 199 Å². The van der Waals surface area contributed by atoms with Crippen LogP contribution in [0.15, 0.2) is 34.9 Å². The van der Waals surface area contributed by atoms with Gasteiger partial charge in [-0.3, -0.25) is 14.4 Å². The van der Waals surface area contributed by atoms with Gasteiger partial charge < -0.3 is 25.1 Å². The molecule has 3 N–H and O–H groups in total. The van der Waals surface area contributed by atoms with Crippen LogP contribution in [0.3, 0.4) is 0 Å². The van der Waals surface area contributed by atoms with Crippen molar-refractivity contribution in [3.63, 3.8) is 0 Å². The number of nitrogens with one attached hydrogen (secondary N) is 3. The van der Waals surface area contributed by atoms with Gasteiger partial charge in [0.15, 0.2) is 5.76 Å². The standard InChI is InChI=1S/C23H25N3O5S2/c1-30-12-5-11-24-22(29)19-14-6-2-3-8-16(14)33-23(19)26-21(28)17-9-10-18(32-17)25-20(27)15-7-4-13-31-15/h4,7,9-10,13H,2-3,5-6,8,11-12H2,1H3,(H,24,29)(H,25,27)(H,26,28). The van der Waals surface area contributed by atoms with Gasteiger partial charge in [-0.15, -0.1) is 22.7 Å². The Kier molecular flexibility index (Phi) is 7.58. The van der Waals surface area contributed by atoms with E-state index in [0.717, 1.165) is 53.9 Å². The number of fused-ring (bicyclic) bond motifs is 1. The summed E-state index contributed by atoms with van der Waals surface area (Å²) >= 11 is 2.64. The number of rotatable bonds is 9. The molecular weight excluding hydrogens is 462 g/mol. The van der Waals surface area contributed by atoms with E-state index in [4.69, 9.17) is 9.15 Å². The zero-order valence-electron chi connectivity index (χ0n) is 18.2. The summed E-state index contributed by atoms with van der Waals surface area (Å²) in [6.07, 6.45) is 6.02. The van der Waals surface area contributed by atoms with E-state index in [9.17, 15) is 14.4 Å². The zero-order valence-corrected chi connectivity index (χ0v) is 19.8. The number of ether oxygens (including phenoxy) is 1. The van der Waals surface area contributed by atoms with Crippen LogP contribution in [0.1, 0.15) is 60.3 Å². The molecule has 3 amide bonds. The van der Waals surface area contributed by atoms with Gasteiger partial charge in [-0.05, 0) is 61.9 Å². The largest absolute Gasteiger partial charge is 0.459 e. The Balaban J connectivity index is 1.47. The molecule has 3 aromatic rings. The van der Waals surface area contributed by atoms with E-state index in [1.54, 1.807) is 31.4 Å². The van der Waals surface area contributed by atoms with Gasteiger partial charge in [-0.25, -0.2) is 0 Å². The smallest absolute Gasteiger partial charge is 0.291 e. The van der Waals surface area contributed by atoms with Gasteiger partial charge in [0, 0.05) is 25.1 Å². The predicted octanol–water partition coefficient (Wildman–Crippen LogP) is 4.55. The zero-order chi connectivity index (χ0) is 23.2. The number of furan rings is 1. The maximum atomic E-state index is 13.0. The van der Waals surface area contributed by atoms with E-state index in [0.29, 0.717) is 33.6 Å². The number of hydrogen-bond donors (Lipinski definition) is 3. The average Bonchev–Trinajstić information content (AvgIpc) is 3.56. The van der Waals surface area contributed by atoms with Crippen LogP contribution in [0.5, 0.6) is 0 Å². The minimum Gasteiger partial charge on any atom is -0.459 e. The van der Waals surface area contributed by atoms with Crippen molar-refractivity contribution in [1.29, 1.82) is 0 Å². The van der Waals surface area contributed by atoms with Crippen LogP contribution in [0.2, 0.25) is 0 Å². The van der Waals surface area contributed by atoms with Crippen molar-refractivity contribution in [3.05, 3.63) is 57.2 Å². The van der Waals surface area contributed by atoms with Crippen molar-refractivity contribution in [3.8, 4) is 0 Å². The summed E-state index contributed by atoms with van der Waals surface area (Å²) in [5.74, 6) is -0.671. The van der Waals surface area contributed by atoms with Gasteiger partial charge >= 0.3 is 0 Å². The molecule has 4 rings (SSSR count). The highest BCUT2D eigenvalue weighted by molar-refractivity contribution is 7.19. The van der Waals surface area contributed by atoms with Crippen molar-refractivity contribution in [1.82, 2.24) is 5.32 Å². The van der Waals surface area contributed by atoms with Crippen molar-refractivity contribution < 1.29 is 23.5 Å². The van der Waals surface area contributed by atoms with E-state index in [1.165, 1.54) is 17.6 Å². The fourth-order valence-electron chi connectivity index (χ4n) is 3.67. The number of hydrogen-bond acceptors (Lipinski definition) is 7. The third kappa shape index (κ3) is 5.52. The van der Waals surface area contributed by atoms with Crippen molar-refractivity contribution >= 4 is 50.4 Å². The molecule has 0 bridgehead atoms. The minimum atomic E-state index is -0.382. The fraction of sp³-hybridized carbons (Fsp3) is 0.348. The number of thiophene rings is 2. The molecule has 0 saturated heterocycles. The Bertz CT molecular complexity index is 1130. The molecule has 3 heterocycles. The minimum absolute atomic E-state index is 0.168. The first-order valence-electron chi connectivity index (χ1n) is 10.7. The van der Waals surface area contributed by atoms with Gasteiger partial charge in [0.1, 0.15) is 5.00 Å². The lowest BCUT2D eigenvalue weighted by Gasteiger charge is -2.13. The summed E-state index contributed by atoms with van der Waals surface area (Å²) in [4.78, 5) is 39.7. The van der Waals surface area contributed by atoms with E-state index in [1.807, 2.05) is 0 Å². The van der Waals surface area contributed by atoms with E-state index < -0.39 is 0 Å². The van der Waals surface area contributed by atoms with Crippen LogP contribution in [0.25, 0.3) is 0 Å². The normalized spacial score (nSPS) is 12.8. The number of carbonyl (C=O) groups is 3. The van der Waals surface area contributed by atoms with E-state index in [2.05, 4.69) is 16.0 Å². The summed E-state index contributed by atoms with van der Waals surface area (Å²) in [6, 6.07) is 6.52. The van der Waals surface area contributed by atoms with Crippen molar-refractivity contribution in [2.24, 2.45) is 0 Å². The molecule has 3 aromatic heterocycles. The first-order chi connectivity index (χ1) is 16.1. The van der Waals surface area contributed by atoms with Gasteiger partial charge in [0.25, 0.3) is 17.7 Å². The SMILES string of the molecule is COCCCNC(=O)c1c(NC(=O)c2ccc(NC(=O)c3ccco3)s2)sc2c1CCCC2. The molecule has 0 atom stereocenters. The summed E-state index contributed by atoms with van der Waals surface area (Å²) < 4.78 is 10.1. The number of aryl methyl sites for hydroxylation is 1. The van der Waals surface area contributed by atoms with Crippen LogP contribution >= 0.6 is 22.7 Å². The third-order valence-corrected chi connectivity index (χ3v) is 7.45. The van der Waals surface area contributed by atoms with Crippen molar-refractivity contribution in [2.75, 3.05) is 30.9 Å². The molecule has 1 aliphatic carbocycles. The molecule has 0 saturated carbocycles. The van der Waals surface area contributed by atoms with Crippen molar-refractivity contribution in [2.45, 2.75) is 32.1 Å². The van der Waals surface area contributed by atoms with E-state index in [-0.39, 0.29) is 23.5 Å². The number of amides is 3. The highest BCUT2D eigenvalue weighted by Crippen LogP contribution is 2.38. The third-order valence-electron chi connectivity index (χ3n) is 5.25. The first kappa shape index (κ1) is 23.2. The molecule has 0 radical (unpaired) electrons. The molecule has 0 aliphatic heterocycles. The lowest BCUT2D eigenvalue weighted by atomic mass is 9.95. The second-order valence-electron chi connectivity index (χ2n) is 7.57. The number of anilines is 2. The van der Waals surface area contributed by atoms with E-state index >= 15 is 0 Å². The average molecular weight is 488 g/mol. The maximum absolute atomic E-state index is 13.0. The van der Waals surface area contributed by atoms with Gasteiger partial charge in [-0.1, -0.05) is 0 Å². The fourth-order valence-corrected chi connectivity index (χ4v) is 5.75. The van der Waals surface area contributed by atoms with Crippen LogP contribution in [-0.4, -0.2) is 38.0 Å². The highest BCUT2D eigenvalue weighted by Gasteiger charge is 2.26. The summed E-state index contributed by atoms with van der Waals surface area (Å²) in [7, 11) is 1.63. The molecule has 10 heteroatoms. The van der Waals surface area contributed by atoms with Crippen LogP contribution in [-0.2, 0) is 17.6 Å². The molecule has 0 unspecified atom stereocenters. The highest BCUT2D eigenvalue weighted by atomic mass is 32.1. The topological polar surface area (TPSA) is 110 Å². The van der Waals surface area contributed by atoms with Crippen LogP contribution < -0.4 is 16.0 Å². The van der Waals surface area contributed by atoms with Gasteiger partial charge in [-0.2, -0.15) is 0 Å². The maximum Gasteiger partial charge on any atom is 0.291 e. The number of methoxy groups -OCH3 is 1. The van der Waals surface area contributed by atoms with Crippen LogP contribution in [0.4, 0.5) is 10.0 Å². The first-order valence-corrected chi connectivity index (χ1v) is 12.4. The summed E-state index contributed by atoms with van der Waals surface area (Å²) in [5, 5.41) is 9.70. The van der Waals surface area contributed by atoms with Gasteiger partial charge in [0.2, 0.25) is 0 Å². The lowest BCUT2D eigenvalue weighted by Crippen LogP contribution is -2.27. The molecule has 33 heavy (non-hydrogen) atoms. The molecule has 0 aromatic carbocycles. The lowest BCUT2D eigenvalue weighted by molar-refractivity contribution is 0.0947. The second-order valence-corrected chi connectivity index (χ2v) is 9.76. The summed E-state index contributed by atoms with van der Waals surface area (Å²) in [5.41, 5.74) is 1.62. The molecule has 0 spiro atoms. The van der Waals surface area contributed by atoms with Gasteiger partial charge in [0.05, 0.1) is 21.7 Å². The van der Waals surface area contributed by atoms with Crippen LogP contribution in [0, 0.1) is 0 Å².